The number of hydrogen-bond acceptors (Lipinski definition) is 5. The molecule has 1 heterocycles. The molecule has 2 rings (SSSR count). The van der Waals surface area contributed by atoms with E-state index in [1.807, 2.05) is 30.3 Å². The van der Waals surface area contributed by atoms with Crippen LogP contribution in [0.5, 0.6) is 0 Å². The lowest BCUT2D eigenvalue weighted by Gasteiger charge is -2.09. The summed E-state index contributed by atoms with van der Waals surface area (Å²) in [6, 6.07) is 9.39. The van der Waals surface area contributed by atoms with Crippen molar-refractivity contribution in [2.45, 2.75) is 0 Å². The Kier molecular flexibility index (Phi) is 3.41. The van der Waals surface area contributed by atoms with Gasteiger partial charge in [0.15, 0.2) is 5.82 Å². The topological polar surface area (TPSA) is 73.4 Å². The molecule has 100 valence electrons. The molecule has 2 N–H and O–H groups in total. The van der Waals surface area contributed by atoms with Crippen LogP contribution in [0.2, 0.25) is 0 Å². The van der Waals surface area contributed by atoms with Crippen molar-refractivity contribution >= 4 is 17.6 Å². The molecule has 0 saturated heterocycles. The van der Waals surface area contributed by atoms with E-state index in [1.54, 1.807) is 19.0 Å². The number of carbonyl (C=O) groups excluding carboxylic acids is 1. The van der Waals surface area contributed by atoms with Crippen LogP contribution in [0.4, 0.5) is 11.6 Å². The molecule has 0 saturated carbocycles. The van der Waals surface area contributed by atoms with E-state index < -0.39 is 5.97 Å². The third-order valence-corrected chi connectivity index (χ3v) is 2.72. The van der Waals surface area contributed by atoms with E-state index in [0.717, 1.165) is 5.69 Å². The normalized spacial score (nSPS) is 10.3. The molecular formula is C13H16N4O2. The fourth-order valence-corrected chi connectivity index (χ4v) is 1.80. The van der Waals surface area contributed by atoms with Gasteiger partial charge in [0.1, 0.15) is 11.4 Å². The van der Waals surface area contributed by atoms with Crippen LogP contribution < -0.4 is 10.6 Å². The minimum atomic E-state index is -0.497. The number of para-hydroxylation sites is 1. The van der Waals surface area contributed by atoms with E-state index in [0.29, 0.717) is 5.82 Å². The lowest BCUT2D eigenvalue weighted by molar-refractivity contribution is 0.0602. The zero-order valence-corrected chi connectivity index (χ0v) is 11.1. The van der Waals surface area contributed by atoms with Gasteiger partial charge in [-0.1, -0.05) is 18.2 Å². The first kappa shape index (κ1) is 12.9. The highest BCUT2D eigenvalue weighted by molar-refractivity contribution is 6.00. The van der Waals surface area contributed by atoms with Crippen molar-refractivity contribution < 1.29 is 9.53 Å². The maximum atomic E-state index is 11.8. The van der Waals surface area contributed by atoms with Crippen molar-refractivity contribution in [2.24, 2.45) is 0 Å². The Balaban J connectivity index is 2.62. The molecule has 6 nitrogen and oxygen atoms in total. The van der Waals surface area contributed by atoms with E-state index in [1.165, 1.54) is 11.8 Å². The predicted octanol–water partition coefficient (Wildman–Crippen LogP) is 1.31. The first-order valence-electron chi connectivity index (χ1n) is 5.75. The van der Waals surface area contributed by atoms with Crippen LogP contribution in [-0.4, -0.2) is 37.0 Å². The molecule has 0 radical (unpaired) electrons. The monoisotopic (exact) mass is 260 g/mol. The Morgan fingerprint density at radius 1 is 1.32 bits per heavy atom. The van der Waals surface area contributed by atoms with Crippen LogP contribution in [-0.2, 0) is 4.74 Å². The number of nitrogen functional groups attached to an aromatic ring is 1. The van der Waals surface area contributed by atoms with Gasteiger partial charge in [-0.2, -0.15) is 0 Å². The summed E-state index contributed by atoms with van der Waals surface area (Å²) in [4.78, 5) is 13.5. The largest absolute Gasteiger partial charge is 0.465 e. The van der Waals surface area contributed by atoms with Crippen molar-refractivity contribution in [2.75, 3.05) is 31.8 Å². The maximum Gasteiger partial charge on any atom is 0.345 e. The van der Waals surface area contributed by atoms with Crippen molar-refractivity contribution in [3.63, 3.8) is 0 Å². The van der Waals surface area contributed by atoms with E-state index in [2.05, 4.69) is 5.10 Å². The number of carbonyl (C=O) groups is 1. The molecule has 0 spiro atoms. The fourth-order valence-electron chi connectivity index (χ4n) is 1.80. The molecule has 0 atom stereocenters. The Hall–Kier alpha value is -2.50. The summed E-state index contributed by atoms with van der Waals surface area (Å²) >= 11 is 0. The van der Waals surface area contributed by atoms with Gasteiger partial charge in [0.05, 0.1) is 12.8 Å². The van der Waals surface area contributed by atoms with E-state index in [-0.39, 0.29) is 11.4 Å². The third kappa shape index (κ3) is 2.24. The van der Waals surface area contributed by atoms with Gasteiger partial charge in [0.2, 0.25) is 0 Å². The molecule has 2 aromatic rings. The Morgan fingerprint density at radius 2 is 1.95 bits per heavy atom. The van der Waals surface area contributed by atoms with Crippen LogP contribution in [0.3, 0.4) is 0 Å². The summed E-state index contributed by atoms with van der Waals surface area (Å²) in [5, 5.41) is 4.37. The van der Waals surface area contributed by atoms with Crippen LogP contribution >= 0.6 is 0 Å². The molecule has 0 bridgehead atoms. The molecule has 1 aromatic carbocycles. The minimum absolute atomic E-state index is 0.266. The number of hydrogen-bond donors (Lipinski definition) is 1. The van der Waals surface area contributed by atoms with Crippen LogP contribution in [0, 0.1) is 0 Å². The van der Waals surface area contributed by atoms with Crippen molar-refractivity contribution in [1.29, 1.82) is 0 Å². The Morgan fingerprint density at radius 3 is 2.47 bits per heavy atom. The predicted molar refractivity (Wildman–Crippen MR) is 73.6 cm³/mol. The first-order chi connectivity index (χ1) is 9.06. The van der Waals surface area contributed by atoms with Gasteiger partial charge in [-0.15, -0.1) is 5.10 Å². The number of aromatic nitrogens is 2. The molecule has 19 heavy (non-hydrogen) atoms. The average molecular weight is 260 g/mol. The number of nitrogens with zero attached hydrogens (tertiary/aromatic N) is 3. The zero-order valence-electron chi connectivity index (χ0n) is 11.1. The molecule has 0 amide bonds. The highest BCUT2D eigenvalue weighted by Gasteiger charge is 2.24. The van der Waals surface area contributed by atoms with Crippen molar-refractivity contribution in [3.05, 3.63) is 35.9 Å². The minimum Gasteiger partial charge on any atom is -0.465 e. The van der Waals surface area contributed by atoms with Gasteiger partial charge in [-0.25, -0.2) is 9.48 Å². The lowest BCUT2D eigenvalue weighted by atomic mass is 10.3. The second-order valence-electron chi connectivity index (χ2n) is 4.22. The van der Waals surface area contributed by atoms with E-state index in [4.69, 9.17) is 10.5 Å². The molecule has 0 aliphatic heterocycles. The molecule has 0 aliphatic carbocycles. The highest BCUT2D eigenvalue weighted by atomic mass is 16.5. The number of esters is 1. The molecule has 0 fully saturated rings. The van der Waals surface area contributed by atoms with Crippen LogP contribution in [0.1, 0.15) is 10.4 Å². The van der Waals surface area contributed by atoms with E-state index >= 15 is 0 Å². The summed E-state index contributed by atoms with van der Waals surface area (Å²) in [7, 11) is 4.91. The van der Waals surface area contributed by atoms with Gasteiger partial charge in [-0.3, -0.25) is 0 Å². The van der Waals surface area contributed by atoms with Crippen LogP contribution in [0.15, 0.2) is 30.3 Å². The second-order valence-corrected chi connectivity index (χ2v) is 4.22. The molecule has 1 aromatic heterocycles. The van der Waals surface area contributed by atoms with Gasteiger partial charge < -0.3 is 15.4 Å². The van der Waals surface area contributed by atoms with Gasteiger partial charge in [-0.05, 0) is 12.1 Å². The quantitative estimate of drug-likeness (QED) is 0.842. The van der Waals surface area contributed by atoms with Gasteiger partial charge in [0, 0.05) is 14.1 Å². The molecule has 0 unspecified atom stereocenters. The smallest absolute Gasteiger partial charge is 0.345 e. The van der Waals surface area contributed by atoms with Crippen LogP contribution in [0.25, 0.3) is 5.69 Å². The van der Waals surface area contributed by atoms with E-state index in [9.17, 15) is 4.79 Å². The lowest BCUT2D eigenvalue weighted by Crippen LogP contribution is -2.14. The third-order valence-electron chi connectivity index (χ3n) is 2.72. The number of methoxy groups -OCH3 is 1. The highest BCUT2D eigenvalue weighted by Crippen LogP contribution is 2.27. The number of benzene rings is 1. The zero-order chi connectivity index (χ0) is 14.0. The fraction of sp³-hybridized carbons (Fsp3) is 0.231. The SMILES string of the molecule is COC(=O)c1c(N(C)C)nn(-c2ccccc2)c1N. The summed E-state index contributed by atoms with van der Waals surface area (Å²) in [6.07, 6.45) is 0. The Labute approximate surface area is 111 Å². The molecule has 0 aliphatic rings. The maximum absolute atomic E-state index is 11.8. The Bertz CT molecular complexity index is 590. The second kappa shape index (κ2) is 5.01. The standard InChI is InChI=1S/C13H16N4O2/c1-16(2)12-10(13(18)19-3)11(14)17(15-12)9-7-5-4-6-8-9/h4-8H,14H2,1-3H3. The van der Waals surface area contributed by atoms with Crippen molar-refractivity contribution in [3.8, 4) is 5.69 Å². The van der Waals surface area contributed by atoms with Gasteiger partial charge >= 0.3 is 5.97 Å². The van der Waals surface area contributed by atoms with Crippen molar-refractivity contribution in [1.82, 2.24) is 9.78 Å². The average Bonchev–Trinajstić information content (AvgIpc) is 2.77. The summed E-state index contributed by atoms with van der Waals surface area (Å²) in [5.41, 5.74) is 7.09. The molecule has 6 heteroatoms. The molecular weight excluding hydrogens is 244 g/mol. The summed E-state index contributed by atoms with van der Waals surface area (Å²) < 4.78 is 6.29. The number of rotatable bonds is 3. The first-order valence-corrected chi connectivity index (χ1v) is 5.75. The number of ether oxygens (including phenoxy) is 1. The summed E-state index contributed by atoms with van der Waals surface area (Å²) in [5.74, 6) is 0.248. The number of nitrogens with two attached hydrogens (primary N) is 1. The number of anilines is 2. The summed E-state index contributed by atoms with van der Waals surface area (Å²) in [6.45, 7) is 0. The van der Waals surface area contributed by atoms with Gasteiger partial charge in [0.25, 0.3) is 0 Å².